The molecule has 1 amide bonds. The maximum Gasteiger partial charge on any atom is 0.221 e. The van der Waals surface area contributed by atoms with E-state index in [1.54, 1.807) is 6.07 Å². The van der Waals surface area contributed by atoms with Crippen LogP contribution in [0.4, 0.5) is 11.4 Å². The van der Waals surface area contributed by atoms with E-state index in [4.69, 9.17) is 0 Å². The number of benzene rings is 2. The molecule has 0 saturated carbocycles. The Bertz CT molecular complexity index is 653. The molecule has 0 spiro atoms. The maximum atomic E-state index is 11.1. The third-order valence-electron chi connectivity index (χ3n) is 3.29. The van der Waals surface area contributed by atoms with Crippen LogP contribution in [-0.2, 0) is 4.79 Å². The van der Waals surface area contributed by atoms with Gasteiger partial charge in [0.05, 0.1) is 0 Å². The van der Waals surface area contributed by atoms with Crippen molar-refractivity contribution in [2.45, 2.75) is 26.8 Å². The van der Waals surface area contributed by atoms with Crippen molar-refractivity contribution in [2.75, 3.05) is 10.6 Å². The van der Waals surface area contributed by atoms with Crippen LogP contribution >= 0.6 is 0 Å². The topological polar surface area (TPSA) is 61.4 Å². The molecule has 2 rings (SSSR count). The monoisotopic (exact) mass is 284 g/mol. The average molecular weight is 284 g/mol. The summed E-state index contributed by atoms with van der Waals surface area (Å²) in [4.78, 5) is 11.1. The van der Waals surface area contributed by atoms with E-state index in [-0.39, 0.29) is 11.9 Å². The Morgan fingerprint density at radius 3 is 2.57 bits per heavy atom. The second kappa shape index (κ2) is 6.31. The van der Waals surface area contributed by atoms with E-state index in [0.717, 1.165) is 22.5 Å². The highest BCUT2D eigenvalue weighted by molar-refractivity contribution is 5.88. The number of phenolic OH excluding ortho intramolecular Hbond substituents is 1. The number of rotatable bonds is 4. The average Bonchev–Trinajstić information content (AvgIpc) is 2.42. The summed E-state index contributed by atoms with van der Waals surface area (Å²) in [6, 6.07) is 13.3. The predicted octanol–water partition coefficient (Wildman–Crippen LogP) is 3.83. The van der Waals surface area contributed by atoms with Gasteiger partial charge in [-0.1, -0.05) is 12.1 Å². The molecular formula is C17H20N2O2. The van der Waals surface area contributed by atoms with Crippen molar-refractivity contribution in [3.8, 4) is 5.75 Å². The Balaban J connectivity index is 2.14. The number of hydrogen-bond donors (Lipinski definition) is 3. The van der Waals surface area contributed by atoms with Gasteiger partial charge >= 0.3 is 0 Å². The van der Waals surface area contributed by atoms with E-state index < -0.39 is 0 Å². The van der Waals surface area contributed by atoms with Gasteiger partial charge in [0.2, 0.25) is 5.91 Å². The number of aryl methyl sites for hydroxylation is 1. The van der Waals surface area contributed by atoms with Crippen LogP contribution in [0.5, 0.6) is 5.75 Å². The number of carbonyl (C=O) groups is 1. The fraction of sp³-hybridized carbons (Fsp3) is 0.235. The minimum absolute atomic E-state index is 0.0816. The van der Waals surface area contributed by atoms with Gasteiger partial charge in [-0.25, -0.2) is 0 Å². The molecule has 0 fully saturated rings. The van der Waals surface area contributed by atoms with E-state index in [0.29, 0.717) is 5.75 Å². The van der Waals surface area contributed by atoms with Gasteiger partial charge in [0.25, 0.3) is 0 Å². The molecule has 1 atom stereocenters. The molecule has 21 heavy (non-hydrogen) atoms. The molecule has 4 nitrogen and oxygen atoms in total. The first-order chi connectivity index (χ1) is 9.95. The first-order valence-corrected chi connectivity index (χ1v) is 6.89. The number of nitrogens with one attached hydrogen (secondary N) is 2. The van der Waals surface area contributed by atoms with E-state index in [1.165, 1.54) is 6.92 Å². The highest BCUT2D eigenvalue weighted by Crippen LogP contribution is 2.25. The zero-order valence-corrected chi connectivity index (χ0v) is 12.5. The number of amides is 1. The molecule has 0 bridgehead atoms. The van der Waals surface area contributed by atoms with Crippen molar-refractivity contribution in [2.24, 2.45) is 0 Å². The van der Waals surface area contributed by atoms with Gasteiger partial charge in [0, 0.05) is 24.3 Å². The number of aromatic hydroxyl groups is 1. The van der Waals surface area contributed by atoms with Crippen LogP contribution in [0.25, 0.3) is 0 Å². The smallest absolute Gasteiger partial charge is 0.221 e. The summed E-state index contributed by atoms with van der Waals surface area (Å²) in [7, 11) is 0. The van der Waals surface area contributed by atoms with Crippen LogP contribution in [-0.4, -0.2) is 11.0 Å². The predicted molar refractivity (Wildman–Crippen MR) is 85.6 cm³/mol. The Labute approximate surface area is 124 Å². The molecule has 0 radical (unpaired) electrons. The molecule has 0 aromatic heterocycles. The summed E-state index contributed by atoms with van der Waals surface area (Å²) in [6.45, 7) is 5.41. The normalized spacial score (nSPS) is 11.8. The molecule has 0 saturated heterocycles. The quantitative estimate of drug-likeness (QED) is 0.748. The zero-order valence-electron chi connectivity index (χ0n) is 12.5. The lowest BCUT2D eigenvalue weighted by atomic mass is 10.1. The van der Waals surface area contributed by atoms with Crippen molar-refractivity contribution in [3.05, 3.63) is 53.6 Å². The SMILES string of the molecule is CC(=O)Nc1cccc(C(C)Nc2ccc(O)c(C)c2)c1. The fourth-order valence-electron chi connectivity index (χ4n) is 2.17. The Morgan fingerprint density at radius 2 is 1.90 bits per heavy atom. The summed E-state index contributed by atoms with van der Waals surface area (Å²) in [5.74, 6) is 0.211. The van der Waals surface area contributed by atoms with Crippen LogP contribution in [0, 0.1) is 6.92 Å². The highest BCUT2D eigenvalue weighted by Gasteiger charge is 2.07. The number of carbonyl (C=O) groups excluding carboxylic acids is 1. The Morgan fingerprint density at radius 1 is 1.14 bits per heavy atom. The van der Waals surface area contributed by atoms with E-state index in [1.807, 2.05) is 43.3 Å². The highest BCUT2D eigenvalue weighted by atomic mass is 16.3. The van der Waals surface area contributed by atoms with Crippen LogP contribution in [0.1, 0.15) is 31.0 Å². The molecule has 2 aromatic rings. The van der Waals surface area contributed by atoms with Crippen molar-refractivity contribution >= 4 is 17.3 Å². The standard InChI is InChI=1S/C17H20N2O2/c1-11-9-16(7-8-17(11)21)18-12(2)14-5-4-6-15(10-14)19-13(3)20/h4-10,12,18,21H,1-3H3,(H,19,20). The van der Waals surface area contributed by atoms with Crippen molar-refractivity contribution in [3.63, 3.8) is 0 Å². The van der Waals surface area contributed by atoms with E-state index >= 15 is 0 Å². The van der Waals surface area contributed by atoms with Gasteiger partial charge in [-0.3, -0.25) is 4.79 Å². The van der Waals surface area contributed by atoms with E-state index in [2.05, 4.69) is 17.6 Å². The van der Waals surface area contributed by atoms with Gasteiger partial charge in [-0.2, -0.15) is 0 Å². The molecule has 4 heteroatoms. The molecule has 0 aliphatic rings. The van der Waals surface area contributed by atoms with Gasteiger partial charge in [-0.05, 0) is 55.3 Å². The Kier molecular flexibility index (Phi) is 4.48. The molecule has 2 aromatic carbocycles. The summed E-state index contributed by atoms with van der Waals surface area (Å²) in [5, 5.41) is 15.7. The molecule has 0 heterocycles. The summed E-state index contributed by atoms with van der Waals surface area (Å²) < 4.78 is 0. The first kappa shape index (κ1) is 14.9. The second-order valence-electron chi connectivity index (χ2n) is 5.17. The molecule has 1 unspecified atom stereocenters. The number of anilines is 2. The lowest BCUT2D eigenvalue weighted by molar-refractivity contribution is -0.114. The van der Waals surface area contributed by atoms with Crippen LogP contribution < -0.4 is 10.6 Å². The van der Waals surface area contributed by atoms with Crippen LogP contribution in [0.15, 0.2) is 42.5 Å². The lowest BCUT2D eigenvalue weighted by Gasteiger charge is -2.17. The zero-order chi connectivity index (χ0) is 15.4. The van der Waals surface area contributed by atoms with Gasteiger partial charge in [0.1, 0.15) is 5.75 Å². The minimum atomic E-state index is -0.0816. The maximum absolute atomic E-state index is 11.1. The summed E-state index contributed by atoms with van der Waals surface area (Å²) in [6.07, 6.45) is 0. The fourth-order valence-corrected chi connectivity index (χ4v) is 2.17. The number of hydrogen-bond acceptors (Lipinski definition) is 3. The van der Waals surface area contributed by atoms with Gasteiger partial charge in [-0.15, -0.1) is 0 Å². The largest absolute Gasteiger partial charge is 0.508 e. The minimum Gasteiger partial charge on any atom is -0.508 e. The van der Waals surface area contributed by atoms with Crippen molar-refractivity contribution in [1.82, 2.24) is 0 Å². The van der Waals surface area contributed by atoms with Crippen LogP contribution in [0.3, 0.4) is 0 Å². The lowest BCUT2D eigenvalue weighted by Crippen LogP contribution is -2.09. The third kappa shape index (κ3) is 3.99. The summed E-state index contributed by atoms with van der Waals surface area (Å²) in [5.41, 5.74) is 3.64. The molecule has 0 aliphatic heterocycles. The van der Waals surface area contributed by atoms with Crippen LogP contribution in [0.2, 0.25) is 0 Å². The van der Waals surface area contributed by atoms with Gasteiger partial charge < -0.3 is 15.7 Å². The molecule has 110 valence electrons. The van der Waals surface area contributed by atoms with Gasteiger partial charge in [0.15, 0.2) is 0 Å². The Hall–Kier alpha value is -2.49. The van der Waals surface area contributed by atoms with Crippen molar-refractivity contribution < 1.29 is 9.90 Å². The third-order valence-corrected chi connectivity index (χ3v) is 3.29. The van der Waals surface area contributed by atoms with E-state index in [9.17, 15) is 9.90 Å². The summed E-state index contributed by atoms with van der Waals surface area (Å²) >= 11 is 0. The van der Waals surface area contributed by atoms with Crippen molar-refractivity contribution in [1.29, 1.82) is 0 Å². The number of phenols is 1. The first-order valence-electron chi connectivity index (χ1n) is 6.89. The molecular weight excluding hydrogens is 264 g/mol. The second-order valence-corrected chi connectivity index (χ2v) is 5.17. The molecule has 3 N–H and O–H groups in total. The molecule has 0 aliphatic carbocycles.